The first-order valence-electron chi connectivity index (χ1n) is 7.20. The predicted molar refractivity (Wildman–Crippen MR) is 87.4 cm³/mol. The molecule has 0 bridgehead atoms. The summed E-state index contributed by atoms with van der Waals surface area (Å²) in [5.41, 5.74) is 0.829. The van der Waals surface area contributed by atoms with Crippen LogP contribution in [-0.2, 0) is 4.79 Å². The first-order valence-corrected chi connectivity index (χ1v) is 7.58. The number of nitrogens with zero attached hydrogens (tertiary/aromatic N) is 1. The van der Waals surface area contributed by atoms with Crippen LogP contribution in [0, 0.1) is 0 Å². The molecule has 23 heavy (non-hydrogen) atoms. The first kappa shape index (κ1) is 15.4. The number of phenols is 1. The summed E-state index contributed by atoms with van der Waals surface area (Å²) in [5, 5.41) is 14.5. The van der Waals surface area contributed by atoms with Gasteiger partial charge < -0.3 is 14.8 Å². The van der Waals surface area contributed by atoms with Crippen LogP contribution in [0.25, 0.3) is 10.9 Å². The van der Waals surface area contributed by atoms with Crippen LogP contribution in [0.2, 0.25) is 5.02 Å². The van der Waals surface area contributed by atoms with Crippen molar-refractivity contribution in [1.82, 2.24) is 10.3 Å². The van der Waals surface area contributed by atoms with Gasteiger partial charge in [-0.15, -0.1) is 0 Å². The van der Waals surface area contributed by atoms with Gasteiger partial charge in [-0.3, -0.25) is 9.78 Å². The Bertz CT molecular complexity index is 846. The Labute approximate surface area is 137 Å². The molecule has 2 aromatic heterocycles. The summed E-state index contributed by atoms with van der Waals surface area (Å²) < 4.78 is 5.41. The van der Waals surface area contributed by atoms with E-state index < -0.39 is 6.04 Å². The molecule has 0 radical (unpaired) electrons. The lowest BCUT2D eigenvalue weighted by Crippen LogP contribution is -2.28. The maximum absolute atomic E-state index is 11.9. The molecule has 0 aliphatic heterocycles. The maximum atomic E-state index is 11.9. The minimum absolute atomic E-state index is 0.0252. The molecule has 0 aliphatic carbocycles. The van der Waals surface area contributed by atoms with Crippen LogP contribution in [0.15, 0.2) is 47.2 Å². The van der Waals surface area contributed by atoms with Crippen molar-refractivity contribution in [3.05, 3.63) is 59.1 Å². The molecule has 1 amide bonds. The van der Waals surface area contributed by atoms with Gasteiger partial charge in [0.1, 0.15) is 23.1 Å². The SMILES string of the molecule is CCC(=O)NC(c1ccco1)c1cc(Cl)c2cccnc2c1O. The van der Waals surface area contributed by atoms with E-state index in [9.17, 15) is 9.90 Å². The molecular weight excluding hydrogens is 316 g/mol. The smallest absolute Gasteiger partial charge is 0.220 e. The number of phenolic OH excluding ortho intramolecular Hbond substituents is 1. The van der Waals surface area contributed by atoms with Gasteiger partial charge >= 0.3 is 0 Å². The van der Waals surface area contributed by atoms with Gasteiger partial charge in [-0.1, -0.05) is 18.5 Å². The van der Waals surface area contributed by atoms with Crippen LogP contribution in [0.1, 0.15) is 30.7 Å². The number of carbonyl (C=O) groups excluding carboxylic acids is 1. The Morgan fingerprint density at radius 1 is 1.43 bits per heavy atom. The highest BCUT2D eigenvalue weighted by molar-refractivity contribution is 6.35. The van der Waals surface area contributed by atoms with Crippen LogP contribution in [-0.4, -0.2) is 16.0 Å². The van der Waals surface area contributed by atoms with Gasteiger partial charge in [-0.25, -0.2) is 0 Å². The fraction of sp³-hybridized carbons (Fsp3) is 0.176. The van der Waals surface area contributed by atoms with Crippen molar-refractivity contribution in [1.29, 1.82) is 0 Å². The maximum Gasteiger partial charge on any atom is 0.220 e. The largest absolute Gasteiger partial charge is 0.505 e. The monoisotopic (exact) mass is 330 g/mol. The number of pyridine rings is 1. The molecule has 1 unspecified atom stereocenters. The lowest BCUT2D eigenvalue weighted by atomic mass is 10.0. The number of aromatic nitrogens is 1. The average molecular weight is 331 g/mol. The second-order valence-electron chi connectivity index (χ2n) is 5.07. The number of benzene rings is 1. The molecule has 3 rings (SSSR count). The zero-order valence-electron chi connectivity index (χ0n) is 12.4. The van der Waals surface area contributed by atoms with Crippen LogP contribution in [0.4, 0.5) is 0 Å². The standard InChI is InChI=1S/C17H15ClN2O3/c1-2-14(21)20-15(13-6-4-8-23-13)11-9-12(18)10-5-3-7-19-16(10)17(11)22/h3-9,15,22H,2H2,1H3,(H,20,21). The number of fused-ring (bicyclic) bond motifs is 1. The summed E-state index contributed by atoms with van der Waals surface area (Å²) in [5.74, 6) is 0.319. The van der Waals surface area contributed by atoms with E-state index in [1.807, 2.05) is 0 Å². The van der Waals surface area contributed by atoms with E-state index in [0.717, 1.165) is 0 Å². The van der Waals surface area contributed by atoms with E-state index in [-0.39, 0.29) is 11.7 Å². The Morgan fingerprint density at radius 3 is 2.96 bits per heavy atom. The highest BCUT2D eigenvalue weighted by atomic mass is 35.5. The molecule has 2 heterocycles. The van der Waals surface area contributed by atoms with Crippen molar-refractivity contribution in [2.45, 2.75) is 19.4 Å². The van der Waals surface area contributed by atoms with Crippen molar-refractivity contribution in [3.63, 3.8) is 0 Å². The van der Waals surface area contributed by atoms with Crippen molar-refractivity contribution in [3.8, 4) is 5.75 Å². The summed E-state index contributed by atoms with van der Waals surface area (Å²) in [6.45, 7) is 1.75. The minimum Gasteiger partial charge on any atom is -0.505 e. The fourth-order valence-electron chi connectivity index (χ4n) is 2.45. The van der Waals surface area contributed by atoms with Gasteiger partial charge in [0, 0.05) is 23.6 Å². The summed E-state index contributed by atoms with van der Waals surface area (Å²) >= 11 is 6.32. The third kappa shape index (κ3) is 2.87. The third-order valence-electron chi connectivity index (χ3n) is 3.61. The van der Waals surface area contributed by atoms with E-state index >= 15 is 0 Å². The van der Waals surface area contributed by atoms with Gasteiger partial charge in [0.25, 0.3) is 0 Å². The van der Waals surface area contributed by atoms with E-state index in [0.29, 0.717) is 33.7 Å². The molecule has 0 saturated carbocycles. The fourth-order valence-corrected chi connectivity index (χ4v) is 2.72. The zero-order valence-corrected chi connectivity index (χ0v) is 13.2. The van der Waals surface area contributed by atoms with E-state index in [2.05, 4.69) is 10.3 Å². The Morgan fingerprint density at radius 2 is 2.26 bits per heavy atom. The molecule has 0 saturated heterocycles. The number of carbonyl (C=O) groups is 1. The number of halogens is 1. The number of aromatic hydroxyl groups is 1. The van der Waals surface area contributed by atoms with Crippen LogP contribution in [0.5, 0.6) is 5.75 Å². The third-order valence-corrected chi connectivity index (χ3v) is 3.92. The Balaban J connectivity index is 2.18. The van der Waals surface area contributed by atoms with Crippen molar-refractivity contribution >= 4 is 28.4 Å². The second kappa shape index (κ2) is 6.30. The van der Waals surface area contributed by atoms with Crippen molar-refractivity contribution < 1.29 is 14.3 Å². The van der Waals surface area contributed by atoms with Crippen molar-refractivity contribution in [2.75, 3.05) is 0 Å². The molecule has 3 aromatic rings. The Hall–Kier alpha value is -2.53. The van der Waals surface area contributed by atoms with Gasteiger partial charge in [0.15, 0.2) is 0 Å². The summed E-state index contributed by atoms with van der Waals surface area (Å²) in [6, 6.07) is 7.97. The first-order chi connectivity index (χ1) is 11.1. The minimum atomic E-state index is -0.638. The summed E-state index contributed by atoms with van der Waals surface area (Å²) in [7, 11) is 0. The van der Waals surface area contributed by atoms with Gasteiger partial charge in [0.05, 0.1) is 11.3 Å². The number of hydrogen-bond acceptors (Lipinski definition) is 4. The molecule has 6 heteroatoms. The lowest BCUT2D eigenvalue weighted by Gasteiger charge is -2.19. The molecule has 118 valence electrons. The molecule has 5 nitrogen and oxygen atoms in total. The number of hydrogen-bond donors (Lipinski definition) is 2. The van der Waals surface area contributed by atoms with Crippen LogP contribution >= 0.6 is 11.6 Å². The number of rotatable bonds is 4. The lowest BCUT2D eigenvalue weighted by molar-refractivity contribution is -0.121. The second-order valence-corrected chi connectivity index (χ2v) is 5.47. The highest BCUT2D eigenvalue weighted by Gasteiger charge is 2.24. The molecule has 0 spiro atoms. The predicted octanol–water partition coefficient (Wildman–Crippen LogP) is 3.80. The average Bonchev–Trinajstić information content (AvgIpc) is 3.10. The number of furan rings is 1. The quantitative estimate of drug-likeness (QED) is 0.763. The Kier molecular flexibility index (Phi) is 4.21. The van der Waals surface area contributed by atoms with Gasteiger partial charge in [-0.05, 0) is 30.3 Å². The van der Waals surface area contributed by atoms with Crippen LogP contribution < -0.4 is 5.32 Å². The number of amides is 1. The van der Waals surface area contributed by atoms with Crippen molar-refractivity contribution in [2.24, 2.45) is 0 Å². The molecule has 1 atom stereocenters. The normalized spacial score (nSPS) is 12.3. The van der Waals surface area contributed by atoms with Gasteiger partial charge in [-0.2, -0.15) is 0 Å². The molecular formula is C17H15ClN2O3. The van der Waals surface area contributed by atoms with Gasteiger partial charge in [0.2, 0.25) is 5.91 Å². The molecule has 0 aliphatic rings. The van der Waals surface area contributed by atoms with E-state index in [1.165, 1.54) is 6.26 Å². The highest BCUT2D eigenvalue weighted by Crippen LogP contribution is 2.38. The topological polar surface area (TPSA) is 75.4 Å². The molecule has 0 fully saturated rings. The molecule has 1 aromatic carbocycles. The van der Waals surface area contributed by atoms with E-state index in [1.54, 1.807) is 43.5 Å². The zero-order chi connectivity index (χ0) is 16.4. The number of nitrogens with one attached hydrogen (secondary N) is 1. The molecule has 2 N–H and O–H groups in total. The summed E-state index contributed by atoms with van der Waals surface area (Å²) in [4.78, 5) is 16.1. The summed E-state index contributed by atoms with van der Waals surface area (Å²) in [6.07, 6.45) is 3.41. The van der Waals surface area contributed by atoms with E-state index in [4.69, 9.17) is 16.0 Å². The van der Waals surface area contributed by atoms with Crippen LogP contribution in [0.3, 0.4) is 0 Å².